The average Bonchev–Trinajstić information content (AvgIpc) is 3.36. The maximum absolute atomic E-state index is 13.9. The fraction of sp³-hybridized carbons (Fsp3) is 0.130. The number of rotatable bonds is 2. The monoisotopic (exact) mass is 416 g/mol. The van der Waals surface area contributed by atoms with Crippen molar-refractivity contribution in [1.29, 1.82) is 0 Å². The van der Waals surface area contributed by atoms with Gasteiger partial charge in [0.2, 0.25) is 5.91 Å². The Morgan fingerprint density at radius 1 is 1.07 bits per heavy atom. The van der Waals surface area contributed by atoms with Crippen LogP contribution in [0.4, 0.5) is 5.69 Å². The molecule has 1 aromatic heterocycles. The van der Waals surface area contributed by atoms with Gasteiger partial charge in [0.1, 0.15) is 17.8 Å². The lowest BCUT2D eigenvalue weighted by molar-refractivity contribution is -0.122. The number of para-hydroxylation sites is 1. The zero-order chi connectivity index (χ0) is 20.5. The molecule has 0 saturated heterocycles. The Morgan fingerprint density at radius 2 is 1.90 bits per heavy atom. The third-order valence-electron chi connectivity index (χ3n) is 6.06. The van der Waals surface area contributed by atoms with E-state index in [-0.39, 0.29) is 17.4 Å². The molecule has 0 N–H and O–H groups in total. The van der Waals surface area contributed by atoms with Crippen molar-refractivity contribution in [3.63, 3.8) is 0 Å². The van der Waals surface area contributed by atoms with Gasteiger partial charge in [-0.05, 0) is 47.5 Å². The quantitative estimate of drug-likeness (QED) is 0.642. The number of nitrogens with zero attached hydrogens (tertiary/aromatic N) is 2. The number of anilines is 1. The van der Waals surface area contributed by atoms with Gasteiger partial charge in [0.25, 0.3) is 0 Å². The molecular formula is C23H16N2O4S. The molecule has 6 rings (SSSR count). The van der Waals surface area contributed by atoms with Crippen molar-refractivity contribution in [3.8, 4) is 5.75 Å². The summed E-state index contributed by atoms with van der Waals surface area (Å²) >= 11 is 0. The van der Waals surface area contributed by atoms with Crippen LogP contribution in [0.25, 0.3) is 6.08 Å². The van der Waals surface area contributed by atoms with Crippen LogP contribution in [0.1, 0.15) is 22.4 Å². The Kier molecular flexibility index (Phi) is 3.36. The topological polar surface area (TPSA) is 76.6 Å². The van der Waals surface area contributed by atoms with Gasteiger partial charge >= 0.3 is 0 Å². The van der Waals surface area contributed by atoms with Crippen molar-refractivity contribution in [2.45, 2.75) is 16.9 Å². The van der Waals surface area contributed by atoms with E-state index in [2.05, 4.69) is 4.98 Å². The summed E-state index contributed by atoms with van der Waals surface area (Å²) in [5, 5.41) is 1.19. The van der Waals surface area contributed by atoms with Crippen molar-refractivity contribution >= 4 is 27.5 Å². The summed E-state index contributed by atoms with van der Waals surface area (Å²) in [6.07, 6.45) is 3.27. The second kappa shape index (κ2) is 5.79. The Morgan fingerprint density at radius 3 is 2.73 bits per heavy atom. The van der Waals surface area contributed by atoms with Crippen LogP contribution in [0, 0.1) is 0 Å². The van der Waals surface area contributed by atoms with Gasteiger partial charge in [0, 0.05) is 22.9 Å². The first kappa shape index (κ1) is 17.4. The highest BCUT2D eigenvalue weighted by Gasteiger charge is 2.57. The molecule has 6 nitrogen and oxygen atoms in total. The van der Waals surface area contributed by atoms with Crippen LogP contribution in [-0.2, 0) is 26.6 Å². The van der Waals surface area contributed by atoms with Gasteiger partial charge in [-0.2, -0.15) is 0 Å². The van der Waals surface area contributed by atoms with Crippen molar-refractivity contribution < 1.29 is 17.9 Å². The van der Waals surface area contributed by atoms with E-state index in [0.717, 1.165) is 16.9 Å². The summed E-state index contributed by atoms with van der Waals surface area (Å²) in [6, 6.07) is 16.6. The summed E-state index contributed by atoms with van der Waals surface area (Å²) in [7, 11) is -3.50. The van der Waals surface area contributed by atoms with Crippen LogP contribution in [-0.4, -0.2) is 25.9 Å². The van der Waals surface area contributed by atoms with E-state index in [9.17, 15) is 13.2 Å². The first-order valence-electron chi connectivity index (χ1n) is 9.57. The molecule has 0 saturated carbocycles. The summed E-state index contributed by atoms with van der Waals surface area (Å²) in [5.74, 6) is 0.426. The number of ether oxygens (including phenoxy) is 1. The molecule has 30 heavy (non-hydrogen) atoms. The summed E-state index contributed by atoms with van der Waals surface area (Å²) in [4.78, 5) is 20.2. The molecule has 1 atom stereocenters. The van der Waals surface area contributed by atoms with Gasteiger partial charge in [-0.25, -0.2) is 8.42 Å². The number of amides is 1. The Labute approximate surface area is 173 Å². The molecule has 7 heteroatoms. The van der Waals surface area contributed by atoms with Crippen LogP contribution in [0.3, 0.4) is 0 Å². The SMILES string of the molecule is O=C1N(Cc2ccccn2)c2ccccc2C12COc1cc3c(cc12)S(=O)(=O)C=C3. The Bertz CT molecular complexity index is 1370. The molecule has 2 aromatic carbocycles. The first-order chi connectivity index (χ1) is 14.5. The minimum atomic E-state index is -3.50. The van der Waals surface area contributed by atoms with E-state index < -0.39 is 15.3 Å². The van der Waals surface area contributed by atoms with Gasteiger partial charge in [0.15, 0.2) is 9.84 Å². The van der Waals surface area contributed by atoms with Crippen LogP contribution in [0.2, 0.25) is 0 Å². The van der Waals surface area contributed by atoms with Crippen LogP contribution in [0.5, 0.6) is 5.75 Å². The van der Waals surface area contributed by atoms with Gasteiger partial charge in [-0.15, -0.1) is 0 Å². The van der Waals surface area contributed by atoms with Gasteiger partial charge < -0.3 is 9.64 Å². The van der Waals surface area contributed by atoms with E-state index in [0.29, 0.717) is 23.4 Å². The number of carbonyl (C=O) groups excluding carboxylic acids is 1. The summed E-state index contributed by atoms with van der Waals surface area (Å²) in [6.45, 7) is 0.474. The molecule has 1 amide bonds. The normalized spacial score (nSPS) is 22.1. The fourth-order valence-electron chi connectivity index (χ4n) is 4.64. The third kappa shape index (κ3) is 2.15. The lowest BCUT2D eigenvalue weighted by Crippen LogP contribution is -2.42. The minimum Gasteiger partial charge on any atom is -0.491 e. The van der Waals surface area contributed by atoms with E-state index in [1.807, 2.05) is 42.5 Å². The summed E-state index contributed by atoms with van der Waals surface area (Å²) in [5.41, 5.74) is 2.54. The molecule has 3 aliphatic rings. The molecule has 3 aliphatic heterocycles. The van der Waals surface area contributed by atoms with Gasteiger partial charge in [0.05, 0.1) is 17.1 Å². The molecule has 0 fully saturated rings. The predicted molar refractivity (Wildman–Crippen MR) is 111 cm³/mol. The van der Waals surface area contributed by atoms with Gasteiger partial charge in [-0.1, -0.05) is 24.3 Å². The number of sulfone groups is 1. The maximum Gasteiger partial charge on any atom is 0.246 e. The molecule has 4 heterocycles. The van der Waals surface area contributed by atoms with E-state index in [4.69, 9.17) is 4.74 Å². The highest BCUT2D eigenvalue weighted by molar-refractivity contribution is 7.94. The first-order valence-corrected chi connectivity index (χ1v) is 11.1. The van der Waals surface area contributed by atoms with Crippen molar-refractivity contribution in [1.82, 2.24) is 4.98 Å². The molecule has 3 aromatic rings. The number of hydrogen-bond acceptors (Lipinski definition) is 5. The lowest BCUT2D eigenvalue weighted by Gasteiger charge is -2.23. The molecule has 0 radical (unpaired) electrons. The summed E-state index contributed by atoms with van der Waals surface area (Å²) < 4.78 is 30.9. The van der Waals surface area contributed by atoms with E-state index in [1.165, 1.54) is 5.41 Å². The highest BCUT2D eigenvalue weighted by atomic mass is 32.2. The Hall–Kier alpha value is -3.45. The number of pyridine rings is 1. The molecule has 0 bridgehead atoms. The van der Waals surface area contributed by atoms with Crippen LogP contribution >= 0.6 is 0 Å². The zero-order valence-corrected chi connectivity index (χ0v) is 16.6. The standard InChI is InChI=1S/C23H16N2O4S/c26-22-23(14-29-20-11-15-8-10-30(27,28)21(15)12-18(20)23)17-6-1-2-7-19(17)25(22)13-16-5-3-4-9-24-16/h1-12H,13-14H2. The largest absolute Gasteiger partial charge is 0.491 e. The number of aromatic nitrogens is 1. The number of hydrogen-bond donors (Lipinski definition) is 0. The van der Waals surface area contributed by atoms with Gasteiger partial charge in [-0.3, -0.25) is 9.78 Å². The Balaban J connectivity index is 1.55. The molecule has 0 aliphatic carbocycles. The second-order valence-corrected chi connectivity index (χ2v) is 9.46. The zero-order valence-electron chi connectivity index (χ0n) is 15.8. The van der Waals surface area contributed by atoms with Crippen molar-refractivity contribution in [2.75, 3.05) is 11.5 Å². The molecular weight excluding hydrogens is 400 g/mol. The molecule has 1 spiro atoms. The smallest absolute Gasteiger partial charge is 0.246 e. The second-order valence-electron chi connectivity index (χ2n) is 7.66. The number of carbonyl (C=O) groups is 1. The van der Waals surface area contributed by atoms with Crippen molar-refractivity contribution in [2.24, 2.45) is 0 Å². The number of benzene rings is 2. The van der Waals surface area contributed by atoms with Crippen LogP contribution in [0.15, 0.2) is 71.1 Å². The van der Waals surface area contributed by atoms with Crippen molar-refractivity contribution in [3.05, 3.63) is 88.6 Å². The van der Waals surface area contributed by atoms with E-state index in [1.54, 1.807) is 29.3 Å². The van der Waals surface area contributed by atoms with E-state index >= 15 is 0 Å². The minimum absolute atomic E-state index is 0.128. The predicted octanol–water partition coefficient (Wildman–Crippen LogP) is 3.06. The fourth-order valence-corrected chi connectivity index (χ4v) is 5.85. The highest BCUT2D eigenvalue weighted by Crippen LogP contribution is 2.53. The van der Waals surface area contributed by atoms with Crippen LogP contribution < -0.4 is 9.64 Å². The lowest BCUT2D eigenvalue weighted by atomic mass is 9.77. The maximum atomic E-state index is 13.9. The molecule has 1 unspecified atom stereocenters. The molecule has 148 valence electrons. The third-order valence-corrected chi connectivity index (χ3v) is 7.52. The average molecular weight is 416 g/mol. The number of fused-ring (bicyclic) bond motifs is 5.